The number of rotatable bonds is 4. The minimum atomic E-state index is -0.275. The Bertz CT molecular complexity index is 1160. The Kier molecular flexibility index (Phi) is 4.54. The van der Waals surface area contributed by atoms with Gasteiger partial charge in [0.15, 0.2) is 17.3 Å². The summed E-state index contributed by atoms with van der Waals surface area (Å²) in [6, 6.07) is 12.6. The van der Waals surface area contributed by atoms with Crippen molar-refractivity contribution >= 4 is 5.91 Å². The molecule has 0 bridgehead atoms. The number of hydrogen-bond donors (Lipinski definition) is 1. The maximum Gasteiger partial charge on any atom is 0.251 e. The first-order valence-electron chi connectivity index (χ1n) is 10.5. The number of carbonyl (C=O) groups excluding carboxylic acids is 1. The van der Waals surface area contributed by atoms with E-state index in [0.29, 0.717) is 36.1 Å². The number of hydrogen-bond acceptors (Lipinski definition) is 8. The van der Waals surface area contributed by atoms with Crippen LogP contribution in [0.1, 0.15) is 22.0 Å². The summed E-state index contributed by atoms with van der Waals surface area (Å²) >= 11 is 0. The summed E-state index contributed by atoms with van der Waals surface area (Å²) < 4.78 is 24.7. The van der Waals surface area contributed by atoms with Gasteiger partial charge in [-0.3, -0.25) is 4.79 Å². The highest BCUT2D eigenvalue weighted by Crippen LogP contribution is 2.38. The normalized spacial score (nSPS) is 25.7. The van der Waals surface area contributed by atoms with E-state index in [1.807, 2.05) is 49.4 Å². The maximum absolute atomic E-state index is 12.7. The largest absolute Gasteiger partial charge is 0.454 e. The summed E-state index contributed by atoms with van der Waals surface area (Å²) in [5.74, 6) is 1.81. The standard InChI is InChI=1S/C22H21N5O5/c1-12-2-4-13(5-3-12)22(28)23-15-9-29-20-16(10-30-19(15)20)27-21(24-25-26-27)14-6-7-17-18(8-14)32-11-31-17/h2-8,15-16,19-20H,9-11H2,1H3,(H,23,28). The minimum absolute atomic E-state index is 0.144. The highest BCUT2D eigenvalue weighted by Gasteiger charge is 2.50. The molecule has 4 unspecified atom stereocenters. The average Bonchev–Trinajstić information content (AvgIpc) is 3.58. The fraction of sp³-hybridized carbons (Fsp3) is 0.364. The van der Waals surface area contributed by atoms with Gasteiger partial charge in [-0.2, -0.15) is 0 Å². The zero-order chi connectivity index (χ0) is 21.7. The number of amides is 1. The summed E-state index contributed by atoms with van der Waals surface area (Å²) in [5, 5.41) is 15.3. The molecule has 10 heteroatoms. The van der Waals surface area contributed by atoms with Gasteiger partial charge in [0.2, 0.25) is 6.79 Å². The lowest BCUT2D eigenvalue weighted by atomic mass is 10.0. The molecule has 6 rings (SSSR count). The van der Waals surface area contributed by atoms with Crippen LogP contribution in [0.4, 0.5) is 0 Å². The van der Waals surface area contributed by atoms with Gasteiger partial charge in [0.1, 0.15) is 18.2 Å². The number of nitrogens with zero attached hydrogens (tertiary/aromatic N) is 4. The third kappa shape index (κ3) is 3.19. The van der Waals surface area contributed by atoms with E-state index in [9.17, 15) is 4.79 Å². The summed E-state index contributed by atoms with van der Waals surface area (Å²) in [6.07, 6.45) is -0.544. The van der Waals surface area contributed by atoms with Crippen LogP contribution in [0, 0.1) is 6.92 Å². The summed E-state index contributed by atoms with van der Waals surface area (Å²) in [7, 11) is 0. The number of benzene rings is 2. The van der Waals surface area contributed by atoms with Crippen molar-refractivity contribution in [1.82, 2.24) is 25.5 Å². The van der Waals surface area contributed by atoms with Crippen molar-refractivity contribution in [1.29, 1.82) is 0 Å². The van der Waals surface area contributed by atoms with Gasteiger partial charge in [-0.15, -0.1) is 5.10 Å². The highest BCUT2D eigenvalue weighted by molar-refractivity contribution is 5.94. The Labute approximate surface area is 183 Å². The first-order valence-corrected chi connectivity index (χ1v) is 10.5. The van der Waals surface area contributed by atoms with Crippen molar-refractivity contribution in [2.75, 3.05) is 20.0 Å². The fourth-order valence-electron chi connectivity index (χ4n) is 4.41. The highest BCUT2D eigenvalue weighted by atomic mass is 16.7. The number of fused-ring (bicyclic) bond motifs is 2. The van der Waals surface area contributed by atoms with E-state index in [4.69, 9.17) is 18.9 Å². The Morgan fingerprint density at radius 1 is 1.03 bits per heavy atom. The number of aryl methyl sites for hydroxylation is 1. The second-order valence-corrected chi connectivity index (χ2v) is 8.12. The van der Waals surface area contributed by atoms with Crippen molar-refractivity contribution in [2.45, 2.75) is 31.2 Å². The lowest BCUT2D eigenvalue weighted by Crippen LogP contribution is -2.44. The molecule has 0 spiro atoms. The Morgan fingerprint density at radius 2 is 1.84 bits per heavy atom. The molecule has 164 valence electrons. The van der Waals surface area contributed by atoms with Crippen LogP contribution in [0.5, 0.6) is 11.5 Å². The van der Waals surface area contributed by atoms with E-state index >= 15 is 0 Å². The van der Waals surface area contributed by atoms with E-state index in [1.54, 1.807) is 4.68 Å². The Hall–Kier alpha value is -3.50. The van der Waals surface area contributed by atoms with Crippen molar-refractivity contribution in [2.24, 2.45) is 0 Å². The summed E-state index contributed by atoms with van der Waals surface area (Å²) in [4.78, 5) is 12.7. The van der Waals surface area contributed by atoms with Crippen LogP contribution in [0.2, 0.25) is 0 Å². The second kappa shape index (κ2) is 7.57. The van der Waals surface area contributed by atoms with Gasteiger partial charge >= 0.3 is 0 Å². The minimum Gasteiger partial charge on any atom is -0.454 e. The van der Waals surface area contributed by atoms with Crippen LogP contribution >= 0.6 is 0 Å². The molecular weight excluding hydrogens is 414 g/mol. The first-order chi connectivity index (χ1) is 15.7. The van der Waals surface area contributed by atoms with Gasteiger partial charge in [0, 0.05) is 11.1 Å². The van der Waals surface area contributed by atoms with Crippen LogP contribution in [0.15, 0.2) is 42.5 Å². The SMILES string of the molecule is Cc1ccc(C(=O)NC2COC3C2OCC3n2nnnc2-c2ccc3c(c2)OCO3)cc1. The lowest BCUT2D eigenvalue weighted by Gasteiger charge is -2.18. The number of carbonyl (C=O) groups is 1. The van der Waals surface area contributed by atoms with Gasteiger partial charge in [0.05, 0.1) is 19.3 Å². The lowest BCUT2D eigenvalue weighted by molar-refractivity contribution is 0.0615. The number of ether oxygens (including phenoxy) is 4. The Morgan fingerprint density at radius 3 is 2.72 bits per heavy atom. The van der Waals surface area contributed by atoms with Crippen molar-refractivity contribution in [3.63, 3.8) is 0 Å². The van der Waals surface area contributed by atoms with E-state index in [2.05, 4.69) is 20.8 Å². The van der Waals surface area contributed by atoms with Crippen LogP contribution in [-0.2, 0) is 9.47 Å². The predicted molar refractivity (Wildman–Crippen MR) is 110 cm³/mol. The molecule has 1 amide bonds. The summed E-state index contributed by atoms with van der Waals surface area (Å²) in [6.45, 7) is 2.94. The molecule has 2 fully saturated rings. The van der Waals surface area contributed by atoms with E-state index in [1.165, 1.54) is 0 Å². The third-order valence-corrected chi connectivity index (χ3v) is 6.10. The van der Waals surface area contributed by atoms with Crippen LogP contribution < -0.4 is 14.8 Å². The van der Waals surface area contributed by atoms with Crippen LogP contribution in [0.25, 0.3) is 11.4 Å². The van der Waals surface area contributed by atoms with Gasteiger partial charge in [-0.05, 0) is 47.7 Å². The van der Waals surface area contributed by atoms with Gasteiger partial charge in [-0.25, -0.2) is 4.68 Å². The molecule has 3 aliphatic rings. The predicted octanol–water partition coefficient (Wildman–Crippen LogP) is 1.51. The molecule has 4 atom stereocenters. The maximum atomic E-state index is 12.7. The zero-order valence-corrected chi connectivity index (χ0v) is 17.3. The van der Waals surface area contributed by atoms with Gasteiger partial charge in [0.25, 0.3) is 5.91 Å². The monoisotopic (exact) mass is 435 g/mol. The quantitative estimate of drug-likeness (QED) is 0.657. The zero-order valence-electron chi connectivity index (χ0n) is 17.3. The van der Waals surface area contributed by atoms with Crippen molar-refractivity contribution < 1.29 is 23.7 Å². The molecule has 0 radical (unpaired) electrons. The van der Waals surface area contributed by atoms with E-state index in [0.717, 1.165) is 11.1 Å². The van der Waals surface area contributed by atoms with Crippen LogP contribution in [0.3, 0.4) is 0 Å². The number of tetrazole rings is 1. The molecule has 1 N–H and O–H groups in total. The first kappa shape index (κ1) is 19.2. The van der Waals surface area contributed by atoms with E-state index in [-0.39, 0.29) is 37.0 Å². The number of aromatic nitrogens is 4. The van der Waals surface area contributed by atoms with Crippen molar-refractivity contribution in [3.8, 4) is 22.9 Å². The molecule has 2 saturated heterocycles. The third-order valence-electron chi connectivity index (χ3n) is 6.10. The van der Waals surface area contributed by atoms with Gasteiger partial charge in [-0.1, -0.05) is 17.7 Å². The molecule has 4 heterocycles. The molecule has 1 aromatic heterocycles. The molecule has 0 saturated carbocycles. The summed E-state index contributed by atoms with van der Waals surface area (Å²) in [5.41, 5.74) is 2.52. The van der Waals surface area contributed by atoms with Crippen LogP contribution in [-0.4, -0.2) is 64.4 Å². The molecular formula is C22H21N5O5. The topological polar surface area (TPSA) is 110 Å². The molecule has 3 aliphatic heterocycles. The molecule has 10 nitrogen and oxygen atoms in total. The molecule has 3 aromatic rings. The Balaban J connectivity index is 1.20. The van der Waals surface area contributed by atoms with Gasteiger partial charge < -0.3 is 24.3 Å². The molecule has 2 aromatic carbocycles. The van der Waals surface area contributed by atoms with Crippen molar-refractivity contribution in [3.05, 3.63) is 53.6 Å². The molecule has 32 heavy (non-hydrogen) atoms. The average molecular weight is 435 g/mol. The second-order valence-electron chi connectivity index (χ2n) is 8.12. The fourth-order valence-corrected chi connectivity index (χ4v) is 4.41. The van der Waals surface area contributed by atoms with E-state index < -0.39 is 0 Å². The number of nitrogens with one attached hydrogen (secondary N) is 1. The molecule has 0 aliphatic carbocycles. The smallest absolute Gasteiger partial charge is 0.251 e.